The monoisotopic (exact) mass is 323 g/mol. The summed E-state index contributed by atoms with van der Waals surface area (Å²) in [6.45, 7) is 1.50. The van der Waals surface area contributed by atoms with E-state index in [1.807, 2.05) is 30.3 Å². The Hall–Kier alpha value is -2.47. The number of anilines is 1. The maximum Gasteiger partial charge on any atom is 0.152 e. The molecule has 1 aromatic carbocycles. The maximum absolute atomic E-state index is 9.65. The number of fused-ring (bicyclic) bond motifs is 2. The van der Waals surface area contributed by atoms with Crippen LogP contribution < -0.4 is 5.32 Å². The van der Waals surface area contributed by atoms with E-state index < -0.39 is 0 Å². The lowest BCUT2D eigenvalue weighted by atomic mass is 10.1. The minimum atomic E-state index is -0.0435. The Morgan fingerprint density at radius 3 is 2.96 bits per heavy atom. The molecule has 124 valence electrons. The molecule has 3 aromatic rings. The predicted octanol–water partition coefficient (Wildman–Crippen LogP) is 2.66. The normalized spacial score (nSPS) is 14.4. The van der Waals surface area contributed by atoms with Crippen LogP contribution in [0.15, 0.2) is 30.3 Å². The Bertz CT molecular complexity index is 858. The Labute approximate surface area is 140 Å². The number of benzene rings is 1. The summed E-state index contributed by atoms with van der Waals surface area (Å²) in [6.07, 6.45) is 4.61. The smallest absolute Gasteiger partial charge is 0.152 e. The topological polar surface area (TPSA) is 75.9 Å². The Morgan fingerprint density at radius 2 is 2.04 bits per heavy atom. The first-order valence-corrected chi connectivity index (χ1v) is 8.49. The van der Waals surface area contributed by atoms with Crippen LogP contribution >= 0.6 is 0 Å². The standard InChI is InChI=1S/C18H21N5O/c24-12-14-10-13-6-3-4-7-15(13)20-18(14)19-11-17-22-21-16-8-2-1-5-9-23(16)17/h3-4,6-7,10,24H,1-2,5,8-9,11-12H2,(H,19,20). The number of aryl methyl sites for hydroxylation is 1. The third-order valence-electron chi connectivity index (χ3n) is 4.57. The van der Waals surface area contributed by atoms with Gasteiger partial charge >= 0.3 is 0 Å². The number of pyridine rings is 1. The van der Waals surface area contributed by atoms with Crippen molar-refractivity contribution in [3.63, 3.8) is 0 Å². The van der Waals surface area contributed by atoms with Gasteiger partial charge in [0.25, 0.3) is 0 Å². The third kappa shape index (κ3) is 2.85. The number of nitrogens with zero attached hydrogens (tertiary/aromatic N) is 4. The van der Waals surface area contributed by atoms with Crippen molar-refractivity contribution in [2.75, 3.05) is 5.32 Å². The zero-order valence-electron chi connectivity index (χ0n) is 13.6. The molecule has 2 N–H and O–H groups in total. The number of aromatic nitrogens is 4. The number of hydrogen-bond donors (Lipinski definition) is 2. The third-order valence-corrected chi connectivity index (χ3v) is 4.57. The molecule has 6 heteroatoms. The van der Waals surface area contributed by atoms with Crippen LogP contribution in [0.2, 0.25) is 0 Å². The molecule has 0 spiro atoms. The van der Waals surface area contributed by atoms with Crippen molar-refractivity contribution in [1.82, 2.24) is 19.7 Å². The number of aliphatic hydroxyl groups excluding tert-OH is 1. The van der Waals surface area contributed by atoms with E-state index >= 15 is 0 Å². The second-order valence-electron chi connectivity index (χ2n) is 6.20. The molecule has 2 aromatic heterocycles. The van der Waals surface area contributed by atoms with Crippen molar-refractivity contribution >= 4 is 16.7 Å². The molecule has 0 amide bonds. The highest BCUT2D eigenvalue weighted by atomic mass is 16.3. The average molecular weight is 323 g/mol. The van der Waals surface area contributed by atoms with Gasteiger partial charge in [0.05, 0.1) is 18.7 Å². The summed E-state index contributed by atoms with van der Waals surface area (Å²) < 4.78 is 2.22. The number of rotatable bonds is 4. The molecule has 0 bridgehead atoms. The van der Waals surface area contributed by atoms with Gasteiger partial charge in [0.1, 0.15) is 11.6 Å². The van der Waals surface area contributed by atoms with Crippen molar-refractivity contribution in [3.8, 4) is 0 Å². The quantitative estimate of drug-likeness (QED) is 0.772. The first-order valence-electron chi connectivity index (χ1n) is 8.49. The second-order valence-corrected chi connectivity index (χ2v) is 6.20. The van der Waals surface area contributed by atoms with E-state index in [1.54, 1.807) is 0 Å². The Morgan fingerprint density at radius 1 is 1.12 bits per heavy atom. The lowest BCUT2D eigenvalue weighted by Gasteiger charge is -2.12. The molecule has 0 saturated heterocycles. The molecule has 4 rings (SSSR count). The molecule has 6 nitrogen and oxygen atoms in total. The van der Waals surface area contributed by atoms with Crippen LogP contribution in [0, 0.1) is 0 Å². The first-order chi connectivity index (χ1) is 11.8. The van der Waals surface area contributed by atoms with Gasteiger partial charge in [0, 0.05) is 23.9 Å². The maximum atomic E-state index is 9.65. The summed E-state index contributed by atoms with van der Waals surface area (Å²) in [5.41, 5.74) is 1.71. The van der Waals surface area contributed by atoms with E-state index in [0.29, 0.717) is 12.4 Å². The van der Waals surface area contributed by atoms with Crippen LogP contribution in [0.25, 0.3) is 10.9 Å². The van der Waals surface area contributed by atoms with E-state index in [1.165, 1.54) is 19.3 Å². The fourth-order valence-corrected chi connectivity index (χ4v) is 3.27. The van der Waals surface area contributed by atoms with E-state index in [4.69, 9.17) is 0 Å². The molecule has 0 unspecified atom stereocenters. The minimum Gasteiger partial charge on any atom is -0.392 e. The minimum absolute atomic E-state index is 0.0435. The zero-order valence-corrected chi connectivity index (χ0v) is 13.6. The summed E-state index contributed by atoms with van der Waals surface area (Å²) in [4.78, 5) is 4.65. The van der Waals surface area contributed by atoms with E-state index in [-0.39, 0.29) is 6.61 Å². The van der Waals surface area contributed by atoms with E-state index in [0.717, 1.165) is 41.1 Å². The van der Waals surface area contributed by atoms with Crippen molar-refractivity contribution in [1.29, 1.82) is 0 Å². The highest BCUT2D eigenvalue weighted by Crippen LogP contribution is 2.21. The van der Waals surface area contributed by atoms with Gasteiger partial charge in [-0.2, -0.15) is 0 Å². The highest BCUT2D eigenvalue weighted by Gasteiger charge is 2.15. The molecule has 0 aliphatic carbocycles. The molecule has 0 atom stereocenters. The van der Waals surface area contributed by atoms with Crippen molar-refractivity contribution < 1.29 is 5.11 Å². The Balaban J connectivity index is 1.60. The number of aliphatic hydroxyl groups is 1. The van der Waals surface area contributed by atoms with Crippen LogP contribution in [0.5, 0.6) is 0 Å². The van der Waals surface area contributed by atoms with Gasteiger partial charge in [0.2, 0.25) is 0 Å². The highest BCUT2D eigenvalue weighted by molar-refractivity contribution is 5.81. The number of nitrogens with one attached hydrogen (secondary N) is 1. The van der Waals surface area contributed by atoms with Gasteiger partial charge in [-0.15, -0.1) is 10.2 Å². The lowest BCUT2D eigenvalue weighted by Crippen LogP contribution is -2.12. The largest absolute Gasteiger partial charge is 0.392 e. The van der Waals surface area contributed by atoms with Gasteiger partial charge in [-0.05, 0) is 25.0 Å². The first kappa shape index (κ1) is 15.1. The lowest BCUT2D eigenvalue weighted by molar-refractivity contribution is 0.282. The molecule has 0 radical (unpaired) electrons. The summed E-state index contributed by atoms with van der Waals surface area (Å²) in [5.74, 6) is 2.73. The van der Waals surface area contributed by atoms with Gasteiger partial charge in [0.15, 0.2) is 5.82 Å². The average Bonchev–Trinajstić information content (AvgIpc) is 2.85. The van der Waals surface area contributed by atoms with Gasteiger partial charge < -0.3 is 15.0 Å². The Kier molecular flexibility index (Phi) is 4.13. The molecule has 24 heavy (non-hydrogen) atoms. The fourth-order valence-electron chi connectivity index (χ4n) is 3.27. The van der Waals surface area contributed by atoms with Crippen LogP contribution in [0.3, 0.4) is 0 Å². The molecule has 1 aliphatic rings. The van der Waals surface area contributed by atoms with Crippen molar-refractivity contribution in [3.05, 3.63) is 47.5 Å². The molecular formula is C18H21N5O. The van der Waals surface area contributed by atoms with Gasteiger partial charge in [-0.25, -0.2) is 4.98 Å². The van der Waals surface area contributed by atoms with Crippen LogP contribution in [-0.4, -0.2) is 24.9 Å². The van der Waals surface area contributed by atoms with E-state index in [9.17, 15) is 5.11 Å². The SMILES string of the molecule is OCc1cc2ccccc2nc1NCc1nnc2n1CCCCC2. The van der Waals surface area contributed by atoms with E-state index in [2.05, 4.69) is 25.1 Å². The summed E-state index contributed by atoms with van der Waals surface area (Å²) in [7, 11) is 0. The van der Waals surface area contributed by atoms with Crippen LogP contribution in [0.1, 0.15) is 36.5 Å². The summed E-state index contributed by atoms with van der Waals surface area (Å²) in [6, 6.07) is 9.91. The van der Waals surface area contributed by atoms with Crippen molar-refractivity contribution in [2.24, 2.45) is 0 Å². The fraction of sp³-hybridized carbons (Fsp3) is 0.389. The summed E-state index contributed by atoms with van der Waals surface area (Å²) >= 11 is 0. The van der Waals surface area contributed by atoms with Crippen LogP contribution in [-0.2, 0) is 26.1 Å². The second kappa shape index (κ2) is 6.57. The van der Waals surface area contributed by atoms with Crippen LogP contribution in [0.4, 0.5) is 5.82 Å². The number of hydrogen-bond acceptors (Lipinski definition) is 5. The molecule has 0 saturated carbocycles. The predicted molar refractivity (Wildman–Crippen MR) is 92.6 cm³/mol. The number of para-hydroxylation sites is 1. The van der Waals surface area contributed by atoms with Crippen molar-refractivity contribution in [2.45, 2.75) is 45.4 Å². The molecule has 3 heterocycles. The molecule has 1 aliphatic heterocycles. The van der Waals surface area contributed by atoms with Gasteiger partial charge in [-0.3, -0.25) is 0 Å². The molecule has 0 fully saturated rings. The zero-order chi connectivity index (χ0) is 16.4. The molecular weight excluding hydrogens is 302 g/mol. The summed E-state index contributed by atoms with van der Waals surface area (Å²) in [5, 5.41) is 22.7. The van der Waals surface area contributed by atoms with Gasteiger partial charge in [-0.1, -0.05) is 24.6 Å².